The zero-order valence-electron chi connectivity index (χ0n) is 8.78. The van der Waals surface area contributed by atoms with Crippen LogP contribution in [0.4, 0.5) is 8.78 Å². The van der Waals surface area contributed by atoms with Crippen LogP contribution in [0.25, 0.3) is 0 Å². The fourth-order valence-electron chi connectivity index (χ4n) is 1.36. The molecule has 0 aliphatic heterocycles. The highest BCUT2D eigenvalue weighted by atomic mass is 32.2. The largest absolute Gasteiger partial charge is 0.327 e. The van der Waals surface area contributed by atoms with Crippen LogP contribution in [0.1, 0.15) is 12.5 Å². The number of sulfone groups is 1. The molecule has 6 heteroatoms. The number of halogens is 2. The lowest BCUT2D eigenvalue weighted by atomic mass is 10.2. The highest BCUT2D eigenvalue weighted by molar-refractivity contribution is 7.90. The molecule has 1 rings (SSSR count). The third kappa shape index (κ3) is 3.53. The first-order valence-corrected chi connectivity index (χ1v) is 6.53. The summed E-state index contributed by atoms with van der Waals surface area (Å²) in [4.78, 5) is 0. The summed E-state index contributed by atoms with van der Waals surface area (Å²) in [7, 11) is -3.50. The lowest BCUT2D eigenvalue weighted by molar-refractivity contribution is 0.501. The van der Waals surface area contributed by atoms with Gasteiger partial charge in [-0.3, -0.25) is 0 Å². The van der Waals surface area contributed by atoms with Gasteiger partial charge >= 0.3 is 0 Å². The summed E-state index contributed by atoms with van der Waals surface area (Å²) in [6.45, 7) is 1.54. The summed E-state index contributed by atoms with van der Waals surface area (Å²) in [6, 6.07) is 2.94. The van der Waals surface area contributed by atoms with Crippen LogP contribution >= 0.6 is 0 Å². The van der Waals surface area contributed by atoms with Crippen LogP contribution in [0.5, 0.6) is 0 Å². The molecular formula is C10H13F2NO2S. The predicted molar refractivity (Wildman–Crippen MR) is 57.5 cm³/mol. The lowest BCUT2D eigenvalue weighted by Crippen LogP contribution is -2.27. The van der Waals surface area contributed by atoms with Crippen LogP contribution in [0.2, 0.25) is 0 Å². The van der Waals surface area contributed by atoms with E-state index >= 15 is 0 Å². The summed E-state index contributed by atoms with van der Waals surface area (Å²) in [5.74, 6) is -2.94. The molecule has 16 heavy (non-hydrogen) atoms. The molecule has 0 aliphatic rings. The molecular weight excluding hydrogens is 236 g/mol. The molecule has 2 N–H and O–H groups in total. The quantitative estimate of drug-likeness (QED) is 0.873. The van der Waals surface area contributed by atoms with E-state index in [1.165, 1.54) is 12.1 Å². The Morgan fingerprint density at radius 2 is 2.00 bits per heavy atom. The average Bonchev–Trinajstić information content (AvgIpc) is 2.10. The Balaban J connectivity index is 2.93. The molecule has 0 saturated heterocycles. The van der Waals surface area contributed by atoms with Crippen molar-refractivity contribution in [3.63, 3.8) is 0 Å². The van der Waals surface area contributed by atoms with Crippen molar-refractivity contribution in [3.8, 4) is 0 Å². The lowest BCUT2D eigenvalue weighted by Gasteiger charge is -2.08. The highest BCUT2D eigenvalue weighted by Crippen LogP contribution is 2.14. The van der Waals surface area contributed by atoms with E-state index in [4.69, 9.17) is 5.73 Å². The Morgan fingerprint density at radius 1 is 1.38 bits per heavy atom. The van der Waals surface area contributed by atoms with Gasteiger partial charge in [0, 0.05) is 11.6 Å². The molecule has 0 amide bonds. The van der Waals surface area contributed by atoms with Crippen LogP contribution < -0.4 is 5.73 Å². The van der Waals surface area contributed by atoms with Crippen molar-refractivity contribution in [2.75, 3.05) is 5.75 Å². The molecule has 0 radical (unpaired) electrons. The van der Waals surface area contributed by atoms with Crippen molar-refractivity contribution >= 4 is 9.84 Å². The van der Waals surface area contributed by atoms with Gasteiger partial charge in [0.2, 0.25) is 0 Å². The Hall–Kier alpha value is -1.01. The average molecular weight is 249 g/mol. The number of nitrogens with two attached hydrogens (primary N) is 1. The standard InChI is InChI=1S/C10H13F2NO2S/c1-7(13)5-16(14,15)6-8-3-2-4-9(11)10(8)12/h2-4,7H,5-6,13H2,1H3. The summed E-state index contributed by atoms with van der Waals surface area (Å²) in [5.41, 5.74) is 5.19. The van der Waals surface area contributed by atoms with E-state index < -0.39 is 33.3 Å². The molecule has 0 bridgehead atoms. The SMILES string of the molecule is CC(N)CS(=O)(=O)Cc1cccc(F)c1F. The molecule has 1 unspecified atom stereocenters. The van der Waals surface area contributed by atoms with Crippen LogP contribution in [-0.2, 0) is 15.6 Å². The number of rotatable bonds is 4. The number of benzene rings is 1. The second-order valence-electron chi connectivity index (χ2n) is 3.74. The summed E-state index contributed by atoms with van der Waals surface area (Å²) < 4.78 is 49.0. The van der Waals surface area contributed by atoms with Crippen LogP contribution in [0.15, 0.2) is 18.2 Å². The Bertz CT molecular complexity index is 472. The van der Waals surface area contributed by atoms with E-state index in [9.17, 15) is 17.2 Å². The first-order valence-electron chi connectivity index (χ1n) is 4.71. The van der Waals surface area contributed by atoms with E-state index in [0.717, 1.165) is 6.07 Å². The zero-order valence-corrected chi connectivity index (χ0v) is 9.60. The highest BCUT2D eigenvalue weighted by Gasteiger charge is 2.18. The van der Waals surface area contributed by atoms with Gasteiger partial charge in [-0.2, -0.15) is 0 Å². The monoisotopic (exact) mass is 249 g/mol. The maximum absolute atomic E-state index is 13.2. The van der Waals surface area contributed by atoms with Crippen LogP contribution in [0, 0.1) is 11.6 Å². The third-order valence-corrected chi connectivity index (χ3v) is 3.71. The second kappa shape index (κ2) is 4.88. The molecule has 90 valence electrons. The van der Waals surface area contributed by atoms with E-state index in [2.05, 4.69) is 0 Å². The van der Waals surface area contributed by atoms with E-state index in [-0.39, 0.29) is 11.3 Å². The van der Waals surface area contributed by atoms with Crippen LogP contribution in [0.3, 0.4) is 0 Å². The van der Waals surface area contributed by atoms with Crippen molar-refractivity contribution in [1.29, 1.82) is 0 Å². The van der Waals surface area contributed by atoms with E-state index in [0.29, 0.717) is 0 Å². The Kier molecular flexibility index (Phi) is 3.98. The Labute approximate surface area is 93.2 Å². The molecule has 3 nitrogen and oxygen atoms in total. The number of hydrogen-bond donors (Lipinski definition) is 1. The van der Waals surface area contributed by atoms with Gasteiger partial charge in [-0.15, -0.1) is 0 Å². The van der Waals surface area contributed by atoms with E-state index in [1.807, 2.05) is 0 Å². The fourth-order valence-corrected chi connectivity index (χ4v) is 2.97. The molecule has 1 aromatic rings. The van der Waals surface area contributed by atoms with Crippen LogP contribution in [-0.4, -0.2) is 20.2 Å². The fraction of sp³-hybridized carbons (Fsp3) is 0.400. The smallest absolute Gasteiger partial charge is 0.163 e. The van der Waals surface area contributed by atoms with Gasteiger partial charge in [0.15, 0.2) is 21.5 Å². The van der Waals surface area contributed by atoms with Gasteiger partial charge in [-0.05, 0) is 13.0 Å². The van der Waals surface area contributed by atoms with Gasteiger partial charge < -0.3 is 5.73 Å². The minimum absolute atomic E-state index is 0.166. The molecule has 0 spiro atoms. The topological polar surface area (TPSA) is 60.2 Å². The van der Waals surface area contributed by atoms with Crippen molar-refractivity contribution < 1.29 is 17.2 Å². The molecule has 0 aliphatic carbocycles. The summed E-state index contributed by atoms with van der Waals surface area (Å²) >= 11 is 0. The molecule has 0 heterocycles. The maximum atomic E-state index is 13.2. The summed E-state index contributed by atoms with van der Waals surface area (Å²) in [5, 5.41) is 0. The van der Waals surface area contributed by atoms with Gasteiger partial charge in [0.1, 0.15) is 0 Å². The molecule has 0 saturated carbocycles. The summed E-state index contributed by atoms with van der Waals surface area (Å²) in [6.07, 6.45) is 0. The van der Waals surface area contributed by atoms with Gasteiger partial charge in [0.05, 0.1) is 11.5 Å². The van der Waals surface area contributed by atoms with Gasteiger partial charge in [-0.1, -0.05) is 12.1 Å². The normalized spacial score (nSPS) is 13.8. The van der Waals surface area contributed by atoms with Crippen molar-refractivity contribution in [1.82, 2.24) is 0 Å². The van der Waals surface area contributed by atoms with Crippen molar-refractivity contribution in [3.05, 3.63) is 35.4 Å². The predicted octanol–water partition coefficient (Wildman–Crippen LogP) is 1.23. The molecule has 1 atom stereocenters. The van der Waals surface area contributed by atoms with Crippen molar-refractivity contribution in [2.24, 2.45) is 5.73 Å². The minimum atomic E-state index is -3.50. The maximum Gasteiger partial charge on any atom is 0.163 e. The second-order valence-corrected chi connectivity index (χ2v) is 5.85. The van der Waals surface area contributed by atoms with Gasteiger partial charge in [-0.25, -0.2) is 17.2 Å². The first kappa shape index (κ1) is 13.1. The number of hydrogen-bond acceptors (Lipinski definition) is 3. The third-order valence-electron chi connectivity index (χ3n) is 1.92. The zero-order chi connectivity index (χ0) is 12.3. The Morgan fingerprint density at radius 3 is 2.56 bits per heavy atom. The molecule has 0 aromatic heterocycles. The molecule has 1 aromatic carbocycles. The first-order chi connectivity index (χ1) is 7.32. The van der Waals surface area contributed by atoms with Crippen molar-refractivity contribution in [2.45, 2.75) is 18.7 Å². The molecule has 0 fully saturated rings. The minimum Gasteiger partial charge on any atom is -0.327 e. The van der Waals surface area contributed by atoms with Gasteiger partial charge in [0.25, 0.3) is 0 Å². The van der Waals surface area contributed by atoms with E-state index in [1.54, 1.807) is 6.92 Å².